The van der Waals surface area contributed by atoms with Gasteiger partial charge >= 0.3 is 0 Å². The third-order valence-corrected chi connectivity index (χ3v) is 2.23. The Morgan fingerprint density at radius 3 is 2.18 bits per heavy atom. The number of hydrogen-bond donors (Lipinski definition) is 0. The van der Waals surface area contributed by atoms with Crippen LogP contribution in [0.5, 0.6) is 0 Å². The molecular weight excluding hydrogens is 164 g/mol. The molecule has 0 aromatic carbocycles. The van der Waals surface area contributed by atoms with Crippen molar-refractivity contribution < 1.29 is 13.2 Å². The van der Waals surface area contributed by atoms with Crippen LogP contribution in [0, 0.1) is 0 Å². The molecule has 0 radical (unpaired) electrons. The Bertz CT molecular complexity index is 216. The van der Waals surface area contributed by atoms with Crippen molar-refractivity contribution in [3.63, 3.8) is 0 Å². The van der Waals surface area contributed by atoms with E-state index in [2.05, 4.69) is 0 Å². The lowest BCUT2D eigenvalue weighted by Crippen LogP contribution is -2.08. The van der Waals surface area contributed by atoms with Gasteiger partial charge < -0.3 is 0 Å². The Labute approximate surface area is 67.7 Å². The zero-order chi connectivity index (χ0) is 8.91. The molecule has 0 spiro atoms. The Balaban J connectivity index is 3.64. The molecule has 0 saturated carbocycles. The van der Waals surface area contributed by atoms with E-state index in [-0.39, 0.29) is 18.0 Å². The molecule has 3 nitrogen and oxygen atoms in total. The summed E-state index contributed by atoms with van der Waals surface area (Å²) in [5.41, 5.74) is 0. The van der Waals surface area contributed by atoms with Gasteiger partial charge in [0.25, 0.3) is 0 Å². The van der Waals surface area contributed by atoms with Crippen LogP contribution in [0.15, 0.2) is 0 Å². The molecule has 0 rings (SSSR count). The van der Waals surface area contributed by atoms with Gasteiger partial charge in [-0.15, -0.1) is 0 Å². The largest absolute Gasteiger partial charge is 0.300 e. The molecule has 11 heavy (non-hydrogen) atoms. The fourth-order valence-electron chi connectivity index (χ4n) is 0.703. The van der Waals surface area contributed by atoms with E-state index in [0.29, 0.717) is 6.42 Å². The Kier molecular flexibility index (Phi) is 4.33. The summed E-state index contributed by atoms with van der Waals surface area (Å²) < 4.78 is 21.2. The summed E-state index contributed by atoms with van der Waals surface area (Å²) in [7, 11) is -2.96. The van der Waals surface area contributed by atoms with Crippen molar-refractivity contribution >= 4 is 15.6 Å². The van der Waals surface area contributed by atoms with Crippen LogP contribution in [-0.4, -0.2) is 26.2 Å². The van der Waals surface area contributed by atoms with Gasteiger partial charge in [-0.3, -0.25) is 4.79 Å². The molecule has 0 aromatic rings. The number of hydrogen-bond acceptors (Lipinski definition) is 3. The maximum absolute atomic E-state index is 10.8. The molecule has 0 aliphatic carbocycles. The Hall–Kier alpha value is -0.380. The van der Waals surface area contributed by atoms with Crippen molar-refractivity contribution in [1.29, 1.82) is 0 Å². The van der Waals surface area contributed by atoms with E-state index >= 15 is 0 Å². The highest BCUT2D eigenvalue weighted by Gasteiger charge is 2.06. The second-order valence-electron chi connectivity index (χ2n) is 2.67. The summed E-state index contributed by atoms with van der Waals surface area (Å²) in [5, 5.41) is 0. The van der Waals surface area contributed by atoms with Crippen molar-refractivity contribution in [2.24, 2.45) is 0 Å². The molecule has 4 heteroatoms. The molecule has 0 unspecified atom stereocenters. The van der Waals surface area contributed by atoms with Gasteiger partial charge in [0, 0.05) is 19.1 Å². The number of Topliss-reactive ketones (excluding diaryl/α,β-unsaturated/α-hetero) is 1. The first-order valence-corrected chi connectivity index (χ1v) is 5.71. The molecule has 0 amide bonds. The summed E-state index contributed by atoms with van der Waals surface area (Å²) in [6.45, 7) is 1.90. The van der Waals surface area contributed by atoms with Gasteiger partial charge in [0.2, 0.25) is 0 Å². The molecule has 0 aliphatic rings. The zero-order valence-electron chi connectivity index (χ0n) is 6.96. The molecule has 0 atom stereocenters. The predicted octanol–water partition coefficient (Wildman–Crippen LogP) is 0.790. The molecule has 0 heterocycles. The van der Waals surface area contributed by atoms with Crippen molar-refractivity contribution in [3.05, 3.63) is 0 Å². The quantitative estimate of drug-likeness (QED) is 0.625. The fourth-order valence-corrected chi connectivity index (χ4v) is 1.30. The van der Waals surface area contributed by atoms with Gasteiger partial charge in [0.05, 0.1) is 5.75 Å². The van der Waals surface area contributed by atoms with Gasteiger partial charge in [-0.1, -0.05) is 6.92 Å². The predicted molar refractivity (Wildman–Crippen MR) is 44.2 cm³/mol. The second kappa shape index (κ2) is 4.49. The fraction of sp³-hybridized carbons (Fsp3) is 0.857. The van der Waals surface area contributed by atoms with Crippen molar-refractivity contribution in [2.75, 3.05) is 12.0 Å². The maximum Gasteiger partial charge on any atom is 0.147 e. The van der Waals surface area contributed by atoms with Gasteiger partial charge in [0.15, 0.2) is 0 Å². The minimum Gasteiger partial charge on any atom is -0.300 e. The second-order valence-corrected chi connectivity index (χ2v) is 4.93. The third-order valence-electron chi connectivity index (χ3n) is 1.28. The van der Waals surface area contributed by atoms with Crippen LogP contribution in [0.25, 0.3) is 0 Å². The van der Waals surface area contributed by atoms with Crippen LogP contribution in [-0.2, 0) is 14.6 Å². The zero-order valence-corrected chi connectivity index (χ0v) is 7.78. The monoisotopic (exact) mass is 178 g/mol. The minimum atomic E-state index is -2.96. The molecule has 66 valence electrons. The van der Waals surface area contributed by atoms with E-state index in [9.17, 15) is 13.2 Å². The van der Waals surface area contributed by atoms with Crippen molar-refractivity contribution in [3.8, 4) is 0 Å². The maximum atomic E-state index is 10.8. The van der Waals surface area contributed by atoms with Crippen LogP contribution in [0.3, 0.4) is 0 Å². The highest BCUT2D eigenvalue weighted by molar-refractivity contribution is 7.90. The lowest BCUT2D eigenvalue weighted by Gasteiger charge is -1.96. The van der Waals surface area contributed by atoms with E-state index < -0.39 is 9.84 Å². The van der Waals surface area contributed by atoms with Crippen LogP contribution < -0.4 is 0 Å². The van der Waals surface area contributed by atoms with Gasteiger partial charge in [0.1, 0.15) is 15.6 Å². The number of carbonyl (C=O) groups excluding carboxylic acids is 1. The highest BCUT2D eigenvalue weighted by Crippen LogP contribution is 1.96. The van der Waals surface area contributed by atoms with E-state index in [1.165, 1.54) is 0 Å². The minimum absolute atomic E-state index is 0.00810. The first-order valence-electron chi connectivity index (χ1n) is 3.65. The van der Waals surface area contributed by atoms with Gasteiger partial charge in [-0.2, -0.15) is 0 Å². The van der Waals surface area contributed by atoms with E-state index in [0.717, 1.165) is 12.7 Å². The normalized spacial score (nSPS) is 11.5. The molecular formula is C7H14O3S. The van der Waals surface area contributed by atoms with E-state index in [1.807, 2.05) is 6.92 Å². The molecule has 0 saturated heterocycles. The first-order chi connectivity index (χ1) is 4.95. The molecule has 0 N–H and O–H groups in total. The SMILES string of the molecule is CCCC(=O)CCS(C)(=O)=O. The van der Waals surface area contributed by atoms with E-state index in [4.69, 9.17) is 0 Å². The molecule has 0 bridgehead atoms. The standard InChI is InChI=1S/C7H14O3S/c1-3-4-7(8)5-6-11(2,9)10/h3-6H2,1-2H3. The summed E-state index contributed by atoms with van der Waals surface area (Å²) in [4.78, 5) is 10.8. The summed E-state index contributed by atoms with van der Waals surface area (Å²) in [6.07, 6.45) is 2.61. The summed E-state index contributed by atoms with van der Waals surface area (Å²) in [6, 6.07) is 0. The van der Waals surface area contributed by atoms with Crippen LogP contribution in [0.2, 0.25) is 0 Å². The lowest BCUT2D eigenvalue weighted by atomic mass is 10.2. The summed E-state index contributed by atoms with van der Waals surface area (Å²) in [5.74, 6) is 0.0316. The highest BCUT2D eigenvalue weighted by atomic mass is 32.2. The average molecular weight is 178 g/mol. The van der Waals surface area contributed by atoms with Gasteiger partial charge in [-0.25, -0.2) is 8.42 Å². The van der Waals surface area contributed by atoms with E-state index in [1.54, 1.807) is 0 Å². The summed E-state index contributed by atoms with van der Waals surface area (Å²) >= 11 is 0. The Morgan fingerprint density at radius 2 is 1.82 bits per heavy atom. The molecule has 0 aromatic heterocycles. The number of sulfone groups is 1. The van der Waals surface area contributed by atoms with Crippen LogP contribution in [0.1, 0.15) is 26.2 Å². The smallest absolute Gasteiger partial charge is 0.147 e. The molecule has 0 fully saturated rings. The van der Waals surface area contributed by atoms with Crippen LogP contribution in [0.4, 0.5) is 0 Å². The Morgan fingerprint density at radius 1 is 1.27 bits per heavy atom. The third kappa shape index (κ3) is 7.52. The first kappa shape index (κ1) is 10.6. The molecule has 0 aliphatic heterocycles. The number of carbonyl (C=O) groups is 1. The average Bonchev–Trinajstić information content (AvgIpc) is 1.83. The van der Waals surface area contributed by atoms with Crippen molar-refractivity contribution in [2.45, 2.75) is 26.2 Å². The topological polar surface area (TPSA) is 51.2 Å². The number of ketones is 1. The lowest BCUT2D eigenvalue weighted by molar-refractivity contribution is -0.118. The van der Waals surface area contributed by atoms with Gasteiger partial charge in [-0.05, 0) is 6.42 Å². The number of rotatable bonds is 5. The van der Waals surface area contributed by atoms with Crippen LogP contribution >= 0.6 is 0 Å². The van der Waals surface area contributed by atoms with Crippen molar-refractivity contribution in [1.82, 2.24) is 0 Å².